The molecule has 1 aliphatic rings. The molecule has 1 aromatic rings. The first-order valence-electron chi connectivity index (χ1n) is 6.39. The van der Waals surface area contributed by atoms with Crippen molar-refractivity contribution >= 4 is 0 Å². The molecule has 94 valence electrons. The summed E-state index contributed by atoms with van der Waals surface area (Å²) in [4.78, 5) is 11.1. The highest BCUT2D eigenvalue weighted by atomic mass is 15.2. The Morgan fingerprint density at radius 2 is 2.24 bits per heavy atom. The van der Waals surface area contributed by atoms with Gasteiger partial charge in [0.2, 0.25) is 0 Å². The molecular formula is C13H22N4. The first-order chi connectivity index (χ1) is 8.18. The molecule has 1 aliphatic heterocycles. The lowest BCUT2D eigenvalue weighted by molar-refractivity contribution is 0.293. The van der Waals surface area contributed by atoms with Crippen molar-refractivity contribution in [2.45, 2.75) is 38.8 Å². The van der Waals surface area contributed by atoms with Gasteiger partial charge in [-0.3, -0.25) is 9.97 Å². The SMILES string of the molecule is Cc1nccnc1C(C)NCC1CCCN1C. The van der Waals surface area contributed by atoms with Crippen LogP contribution < -0.4 is 5.32 Å². The minimum atomic E-state index is 0.276. The van der Waals surface area contributed by atoms with Crippen LogP contribution in [0.15, 0.2) is 12.4 Å². The van der Waals surface area contributed by atoms with Gasteiger partial charge in [-0.05, 0) is 40.3 Å². The van der Waals surface area contributed by atoms with Gasteiger partial charge in [0.25, 0.3) is 0 Å². The van der Waals surface area contributed by atoms with E-state index in [2.05, 4.69) is 34.2 Å². The van der Waals surface area contributed by atoms with Gasteiger partial charge < -0.3 is 10.2 Å². The van der Waals surface area contributed by atoms with Gasteiger partial charge in [0, 0.05) is 31.0 Å². The molecule has 0 amide bonds. The summed E-state index contributed by atoms with van der Waals surface area (Å²) in [7, 11) is 2.21. The largest absolute Gasteiger partial charge is 0.307 e. The Hall–Kier alpha value is -1.00. The molecule has 1 N–H and O–H groups in total. The molecule has 17 heavy (non-hydrogen) atoms. The van der Waals surface area contributed by atoms with E-state index in [1.54, 1.807) is 12.4 Å². The summed E-state index contributed by atoms with van der Waals surface area (Å²) in [5.41, 5.74) is 2.08. The molecule has 2 unspecified atom stereocenters. The fourth-order valence-corrected chi connectivity index (χ4v) is 2.49. The number of hydrogen-bond acceptors (Lipinski definition) is 4. The molecule has 0 aliphatic carbocycles. The van der Waals surface area contributed by atoms with Crippen molar-refractivity contribution in [2.24, 2.45) is 0 Å². The van der Waals surface area contributed by atoms with E-state index in [1.807, 2.05) is 6.92 Å². The van der Waals surface area contributed by atoms with Crippen molar-refractivity contribution in [3.8, 4) is 0 Å². The smallest absolute Gasteiger partial charge is 0.0782 e. The Kier molecular flexibility index (Phi) is 4.07. The molecule has 4 nitrogen and oxygen atoms in total. The van der Waals surface area contributed by atoms with Crippen LogP contribution in [0.2, 0.25) is 0 Å². The van der Waals surface area contributed by atoms with Crippen LogP contribution in [0, 0.1) is 6.92 Å². The Balaban J connectivity index is 1.89. The third-order valence-electron chi connectivity index (χ3n) is 3.66. The Labute approximate surface area is 103 Å². The van der Waals surface area contributed by atoms with Crippen LogP contribution in [-0.4, -0.2) is 41.0 Å². The van der Waals surface area contributed by atoms with E-state index in [-0.39, 0.29) is 6.04 Å². The summed E-state index contributed by atoms with van der Waals surface area (Å²) >= 11 is 0. The third-order valence-corrected chi connectivity index (χ3v) is 3.66. The van der Waals surface area contributed by atoms with Crippen molar-refractivity contribution < 1.29 is 0 Å². The molecule has 0 saturated carbocycles. The van der Waals surface area contributed by atoms with Crippen LogP contribution in [0.1, 0.15) is 37.2 Å². The fraction of sp³-hybridized carbons (Fsp3) is 0.692. The van der Waals surface area contributed by atoms with Gasteiger partial charge in [-0.1, -0.05) is 0 Å². The minimum absolute atomic E-state index is 0.276. The highest BCUT2D eigenvalue weighted by molar-refractivity contribution is 5.12. The van der Waals surface area contributed by atoms with E-state index in [1.165, 1.54) is 19.4 Å². The van der Waals surface area contributed by atoms with Gasteiger partial charge in [0.1, 0.15) is 0 Å². The average molecular weight is 234 g/mol. The van der Waals surface area contributed by atoms with Gasteiger partial charge in [-0.25, -0.2) is 0 Å². The van der Waals surface area contributed by atoms with Gasteiger partial charge in [-0.15, -0.1) is 0 Å². The zero-order chi connectivity index (χ0) is 12.3. The minimum Gasteiger partial charge on any atom is -0.307 e. The number of hydrogen-bond donors (Lipinski definition) is 1. The zero-order valence-corrected chi connectivity index (χ0v) is 11.0. The zero-order valence-electron chi connectivity index (χ0n) is 11.0. The van der Waals surface area contributed by atoms with Gasteiger partial charge in [-0.2, -0.15) is 0 Å². The lowest BCUT2D eigenvalue weighted by Gasteiger charge is -2.22. The lowest BCUT2D eigenvalue weighted by atomic mass is 10.1. The van der Waals surface area contributed by atoms with Crippen LogP contribution in [0.4, 0.5) is 0 Å². The Morgan fingerprint density at radius 1 is 1.47 bits per heavy atom. The summed E-state index contributed by atoms with van der Waals surface area (Å²) in [5.74, 6) is 0. The van der Waals surface area contributed by atoms with Crippen molar-refractivity contribution in [2.75, 3.05) is 20.1 Å². The first-order valence-corrected chi connectivity index (χ1v) is 6.39. The number of nitrogens with one attached hydrogen (secondary N) is 1. The molecule has 1 saturated heterocycles. The van der Waals surface area contributed by atoms with E-state index in [0.29, 0.717) is 6.04 Å². The number of likely N-dealkylation sites (N-methyl/N-ethyl adjacent to an activating group) is 1. The maximum absolute atomic E-state index is 4.40. The van der Waals surface area contributed by atoms with Crippen LogP contribution in [0.3, 0.4) is 0 Å². The van der Waals surface area contributed by atoms with E-state index < -0.39 is 0 Å². The van der Waals surface area contributed by atoms with Crippen molar-refractivity contribution in [1.82, 2.24) is 20.2 Å². The summed E-state index contributed by atoms with van der Waals surface area (Å²) < 4.78 is 0. The average Bonchev–Trinajstić information content (AvgIpc) is 2.72. The number of aryl methyl sites for hydroxylation is 1. The van der Waals surface area contributed by atoms with Crippen molar-refractivity contribution in [3.63, 3.8) is 0 Å². The number of aromatic nitrogens is 2. The second-order valence-electron chi connectivity index (χ2n) is 4.93. The monoisotopic (exact) mass is 234 g/mol. The van der Waals surface area contributed by atoms with Crippen LogP contribution in [-0.2, 0) is 0 Å². The molecule has 0 spiro atoms. The highest BCUT2D eigenvalue weighted by Crippen LogP contribution is 2.16. The van der Waals surface area contributed by atoms with Gasteiger partial charge in [0.15, 0.2) is 0 Å². The predicted octanol–water partition coefficient (Wildman–Crippen LogP) is 1.53. The van der Waals surface area contributed by atoms with Gasteiger partial charge in [0.05, 0.1) is 11.4 Å². The number of rotatable bonds is 4. The second kappa shape index (κ2) is 5.56. The lowest BCUT2D eigenvalue weighted by Crippen LogP contribution is -2.36. The van der Waals surface area contributed by atoms with Crippen LogP contribution in [0.25, 0.3) is 0 Å². The van der Waals surface area contributed by atoms with Crippen LogP contribution in [0.5, 0.6) is 0 Å². The molecule has 0 radical (unpaired) electrons. The number of likely N-dealkylation sites (tertiary alicyclic amines) is 1. The Morgan fingerprint density at radius 3 is 2.88 bits per heavy atom. The molecular weight excluding hydrogens is 212 g/mol. The Bertz CT molecular complexity index is 366. The molecule has 2 rings (SSSR count). The molecule has 1 aromatic heterocycles. The highest BCUT2D eigenvalue weighted by Gasteiger charge is 2.21. The van der Waals surface area contributed by atoms with E-state index in [0.717, 1.165) is 17.9 Å². The predicted molar refractivity (Wildman–Crippen MR) is 68.8 cm³/mol. The molecule has 4 heteroatoms. The maximum atomic E-state index is 4.40. The summed E-state index contributed by atoms with van der Waals surface area (Å²) in [6.07, 6.45) is 6.13. The molecule has 1 fully saturated rings. The third kappa shape index (κ3) is 3.01. The molecule has 2 atom stereocenters. The first kappa shape index (κ1) is 12.5. The van der Waals surface area contributed by atoms with E-state index >= 15 is 0 Å². The molecule has 0 aromatic carbocycles. The quantitative estimate of drug-likeness (QED) is 0.858. The second-order valence-corrected chi connectivity index (χ2v) is 4.93. The molecule has 2 heterocycles. The van der Waals surface area contributed by atoms with Crippen molar-refractivity contribution in [1.29, 1.82) is 0 Å². The normalized spacial score (nSPS) is 22.9. The topological polar surface area (TPSA) is 41.1 Å². The standard InChI is InChI=1S/C13H22N4/c1-10-13(15-7-6-14-10)11(2)16-9-12-5-4-8-17(12)3/h6-7,11-12,16H,4-5,8-9H2,1-3H3. The summed E-state index contributed by atoms with van der Waals surface area (Å²) in [6.45, 7) is 6.44. The summed E-state index contributed by atoms with van der Waals surface area (Å²) in [5, 5.41) is 3.57. The van der Waals surface area contributed by atoms with E-state index in [4.69, 9.17) is 0 Å². The van der Waals surface area contributed by atoms with Crippen LogP contribution >= 0.6 is 0 Å². The van der Waals surface area contributed by atoms with Gasteiger partial charge >= 0.3 is 0 Å². The molecule has 0 bridgehead atoms. The van der Waals surface area contributed by atoms with E-state index in [9.17, 15) is 0 Å². The summed E-state index contributed by atoms with van der Waals surface area (Å²) in [6, 6.07) is 0.951. The number of nitrogens with zero attached hydrogens (tertiary/aromatic N) is 3. The van der Waals surface area contributed by atoms with Crippen molar-refractivity contribution in [3.05, 3.63) is 23.8 Å². The maximum Gasteiger partial charge on any atom is 0.0782 e. The fourth-order valence-electron chi connectivity index (χ4n) is 2.49.